The molecule has 0 aliphatic heterocycles. The zero-order chi connectivity index (χ0) is 24.2. The van der Waals surface area contributed by atoms with Crippen LogP contribution in [0.15, 0.2) is 40.2 Å². The van der Waals surface area contributed by atoms with Crippen LogP contribution in [0.1, 0.15) is 44.2 Å². The Hall–Kier alpha value is -3.40. The number of hydrogen-bond donors (Lipinski definition) is 2. The highest BCUT2D eigenvalue weighted by atomic mass is 35.5. The van der Waals surface area contributed by atoms with Crippen molar-refractivity contribution in [1.82, 2.24) is 29.9 Å². The monoisotopic (exact) mass is 486 g/mol. The normalized spacial score (nSPS) is 18.0. The average molecular weight is 487 g/mol. The highest BCUT2D eigenvalue weighted by Gasteiger charge is 2.28. The summed E-state index contributed by atoms with van der Waals surface area (Å²) >= 11 is 6.33. The third-order valence-corrected chi connectivity index (χ3v) is 6.61. The van der Waals surface area contributed by atoms with Crippen molar-refractivity contribution in [3.8, 4) is 17.0 Å². The van der Waals surface area contributed by atoms with Crippen LogP contribution in [0, 0.1) is 5.92 Å². The Morgan fingerprint density at radius 3 is 2.71 bits per heavy atom. The molecule has 1 saturated carbocycles. The third-order valence-electron chi connectivity index (χ3n) is 6.28. The van der Waals surface area contributed by atoms with Gasteiger partial charge in [0.2, 0.25) is 5.91 Å². The number of rotatable bonds is 7. The van der Waals surface area contributed by atoms with Crippen molar-refractivity contribution in [1.29, 1.82) is 0 Å². The molecule has 0 unspecified atom stereocenters. The predicted octanol–water partition coefficient (Wildman–Crippen LogP) is 2.52. The number of H-pyrrole nitrogens is 1. The lowest BCUT2D eigenvalue weighted by molar-refractivity contribution is -0.126. The topological polar surface area (TPSA) is 124 Å². The number of amides is 1. The number of nitrogens with zero attached hydrogens (tertiary/aromatic N) is 4. The molecule has 0 bridgehead atoms. The van der Waals surface area contributed by atoms with Gasteiger partial charge < -0.3 is 14.6 Å². The van der Waals surface area contributed by atoms with Crippen molar-refractivity contribution in [3.05, 3.63) is 62.0 Å². The fourth-order valence-corrected chi connectivity index (χ4v) is 4.47. The van der Waals surface area contributed by atoms with Gasteiger partial charge in [-0.1, -0.05) is 16.8 Å². The molecule has 1 fully saturated rings. The van der Waals surface area contributed by atoms with Crippen molar-refractivity contribution in [2.24, 2.45) is 5.92 Å². The first-order valence-corrected chi connectivity index (χ1v) is 11.6. The zero-order valence-electron chi connectivity index (χ0n) is 19.1. The number of methoxy groups -OCH3 is 1. The first kappa shape index (κ1) is 23.7. The largest absolute Gasteiger partial charge is 0.497 e. The minimum atomic E-state index is -0.475. The van der Waals surface area contributed by atoms with Crippen LogP contribution in [0.3, 0.4) is 0 Å². The third kappa shape index (κ3) is 5.06. The first-order valence-electron chi connectivity index (χ1n) is 11.3. The minimum absolute atomic E-state index is 0.0854. The molecule has 10 nitrogen and oxygen atoms in total. The Balaban J connectivity index is 1.35. The molecule has 1 amide bonds. The van der Waals surface area contributed by atoms with E-state index in [9.17, 15) is 14.4 Å². The molecule has 2 N–H and O–H groups in total. The van der Waals surface area contributed by atoms with Gasteiger partial charge in [0.15, 0.2) is 0 Å². The molecule has 1 aromatic carbocycles. The molecule has 34 heavy (non-hydrogen) atoms. The number of carbonyl (C=O) groups is 1. The van der Waals surface area contributed by atoms with Crippen molar-refractivity contribution >= 4 is 17.5 Å². The van der Waals surface area contributed by atoms with Gasteiger partial charge in [-0.25, -0.2) is 9.48 Å². The van der Waals surface area contributed by atoms with Crippen molar-refractivity contribution in [2.75, 3.05) is 7.11 Å². The maximum Gasteiger partial charge on any atom is 0.328 e. The van der Waals surface area contributed by atoms with Crippen molar-refractivity contribution in [3.63, 3.8) is 0 Å². The van der Waals surface area contributed by atoms with Crippen LogP contribution in [-0.2, 0) is 17.9 Å². The number of aromatic amines is 1. The standard InChI is InChI=1S/C23H27ClN6O4/c1-3-29-12-15(22(32)26-23(29)33)11-25-21(31)14-4-6-16(7-5-14)30-13-20(27-28-30)18-10-17(34-2)8-9-19(18)24/h8-10,12-14,16H,3-7,11H2,1-2H3,(H,25,31)(H,26,32,33). The molecule has 0 atom stereocenters. The van der Waals surface area contributed by atoms with Gasteiger partial charge in [-0.2, -0.15) is 0 Å². The number of carbonyl (C=O) groups excluding carboxylic acids is 1. The van der Waals surface area contributed by atoms with Crippen molar-refractivity contribution in [2.45, 2.75) is 51.7 Å². The summed E-state index contributed by atoms with van der Waals surface area (Å²) in [5.41, 5.74) is 0.852. The zero-order valence-corrected chi connectivity index (χ0v) is 19.8. The number of halogens is 1. The molecule has 0 spiro atoms. The van der Waals surface area contributed by atoms with Crippen LogP contribution >= 0.6 is 11.6 Å². The van der Waals surface area contributed by atoms with E-state index in [2.05, 4.69) is 20.6 Å². The lowest BCUT2D eigenvalue weighted by atomic mass is 9.85. The Labute approximate surface area is 200 Å². The summed E-state index contributed by atoms with van der Waals surface area (Å²) in [6.45, 7) is 2.33. The van der Waals surface area contributed by atoms with E-state index in [-0.39, 0.29) is 24.4 Å². The van der Waals surface area contributed by atoms with E-state index in [0.29, 0.717) is 41.4 Å². The van der Waals surface area contributed by atoms with Gasteiger partial charge in [0.05, 0.1) is 29.9 Å². The number of aromatic nitrogens is 5. The SMILES string of the molecule is CCn1cc(CNC(=O)C2CCC(n3cc(-c4cc(OC)ccc4Cl)nn3)CC2)c(=O)[nH]c1=O. The van der Waals surface area contributed by atoms with Crippen LogP contribution in [0.25, 0.3) is 11.3 Å². The highest BCUT2D eigenvalue weighted by molar-refractivity contribution is 6.33. The minimum Gasteiger partial charge on any atom is -0.497 e. The Bertz CT molecular complexity index is 1290. The smallest absolute Gasteiger partial charge is 0.328 e. The van der Waals surface area contributed by atoms with Gasteiger partial charge in [-0.05, 0) is 50.8 Å². The number of benzene rings is 1. The highest BCUT2D eigenvalue weighted by Crippen LogP contribution is 2.34. The predicted molar refractivity (Wildman–Crippen MR) is 127 cm³/mol. The number of hydrogen-bond acceptors (Lipinski definition) is 6. The van der Waals surface area contributed by atoms with Gasteiger partial charge in [0.25, 0.3) is 5.56 Å². The molecule has 4 rings (SSSR count). The van der Waals surface area contributed by atoms with Gasteiger partial charge in [0.1, 0.15) is 11.4 Å². The quantitative estimate of drug-likeness (QED) is 0.529. The first-order chi connectivity index (χ1) is 16.4. The Kier molecular flexibility index (Phi) is 7.16. The van der Waals surface area contributed by atoms with E-state index in [1.54, 1.807) is 19.2 Å². The van der Waals surface area contributed by atoms with Crippen LogP contribution in [0.5, 0.6) is 5.75 Å². The second-order valence-electron chi connectivity index (χ2n) is 8.35. The lowest BCUT2D eigenvalue weighted by Gasteiger charge is -2.27. The van der Waals surface area contributed by atoms with E-state index in [4.69, 9.17) is 16.3 Å². The van der Waals surface area contributed by atoms with Gasteiger partial charge in [-0.3, -0.25) is 14.6 Å². The Morgan fingerprint density at radius 2 is 2.00 bits per heavy atom. The molecule has 3 aromatic rings. The van der Waals surface area contributed by atoms with Crippen molar-refractivity contribution < 1.29 is 9.53 Å². The summed E-state index contributed by atoms with van der Waals surface area (Å²) in [6, 6.07) is 5.53. The van der Waals surface area contributed by atoms with E-state index in [1.165, 1.54) is 10.8 Å². The molecular weight excluding hydrogens is 460 g/mol. The second kappa shape index (κ2) is 10.3. The molecule has 2 aromatic heterocycles. The Morgan fingerprint density at radius 1 is 1.24 bits per heavy atom. The number of nitrogens with one attached hydrogen (secondary N) is 2. The van der Waals surface area contributed by atoms with E-state index >= 15 is 0 Å². The maximum atomic E-state index is 12.7. The van der Waals surface area contributed by atoms with E-state index < -0.39 is 11.2 Å². The number of ether oxygens (including phenoxy) is 1. The molecule has 11 heteroatoms. The molecule has 1 aliphatic rings. The van der Waals surface area contributed by atoms with Crippen LogP contribution in [0.2, 0.25) is 5.02 Å². The van der Waals surface area contributed by atoms with Gasteiger partial charge in [0, 0.05) is 30.8 Å². The average Bonchev–Trinajstić information content (AvgIpc) is 3.34. The molecule has 0 saturated heterocycles. The van der Waals surface area contributed by atoms with Gasteiger partial charge >= 0.3 is 5.69 Å². The summed E-state index contributed by atoms with van der Waals surface area (Å²) in [5, 5.41) is 12.0. The molecular formula is C23H27ClN6O4. The molecule has 0 radical (unpaired) electrons. The van der Waals surface area contributed by atoms with Crippen LogP contribution in [-0.4, -0.2) is 37.6 Å². The summed E-state index contributed by atoms with van der Waals surface area (Å²) in [6.07, 6.45) is 6.35. The summed E-state index contributed by atoms with van der Waals surface area (Å²) in [5.74, 6) is 0.466. The molecule has 2 heterocycles. The maximum absolute atomic E-state index is 12.7. The van der Waals surface area contributed by atoms with Gasteiger partial charge in [-0.15, -0.1) is 5.10 Å². The summed E-state index contributed by atoms with van der Waals surface area (Å²) in [4.78, 5) is 38.6. The second-order valence-corrected chi connectivity index (χ2v) is 8.76. The fraction of sp³-hybridized carbons (Fsp3) is 0.435. The van der Waals surface area contributed by atoms with E-state index in [0.717, 1.165) is 18.4 Å². The fourth-order valence-electron chi connectivity index (χ4n) is 4.25. The molecule has 1 aliphatic carbocycles. The van der Waals surface area contributed by atoms with Crippen LogP contribution < -0.4 is 21.3 Å². The summed E-state index contributed by atoms with van der Waals surface area (Å²) < 4.78 is 8.52. The lowest BCUT2D eigenvalue weighted by Crippen LogP contribution is -2.37. The van der Waals surface area contributed by atoms with E-state index in [1.807, 2.05) is 23.9 Å². The molecule has 180 valence electrons. The van der Waals surface area contributed by atoms with Crippen LogP contribution in [0.4, 0.5) is 0 Å². The number of aryl methyl sites for hydroxylation is 1. The summed E-state index contributed by atoms with van der Waals surface area (Å²) in [7, 11) is 1.60.